The van der Waals surface area contributed by atoms with Crippen molar-refractivity contribution in [3.63, 3.8) is 0 Å². The summed E-state index contributed by atoms with van der Waals surface area (Å²) in [6, 6.07) is 8.69. The standard InChI is InChI=1S/C94H127N29O15S2/c1-7-52(2)76-86(133)117-70-48-139-140-49-71(116-78(125)64(30-18-34-103-92(95)96)110-85(132)75(41-57-45-107-63-29-17-15-27-61(57)63)122(6)91(138)74(32-20-36-105-94(99)100)121(5)89(136)68(39-55-24-12-9-13-25-55)114-79(126)65(111-81(70)128)42-58-46-101-50-108-58)82(129)119-77(53(3)124)87(134)112-66(43-59-47-102-51-109-59)80(127)113-67(38-54-22-10-8-11-23-54)88(135)120(4)72(31-19-35-104-93(97)98)83(130)115-69(40-56-44-106-62-28-16-14-26-60(56)62)90(137)123-37-21-33-73(123)84(131)118-76/h8-17,22-29,44-47,50-53,64-77,106-107,124H,7,18-21,30-43,48-49H2,1-6H3,(H,101,108)(H,102,109)(H,110,132)(H,111,128)(H,112,134)(H,113,127)(H,114,126)(H,115,130)(H,116,125)(H,117,133)(H,118,131)(H,119,129)(H4,95,96,103)(H4,97,98,104)(H4,99,100,105)/t52-,53+,64-,65-,66-,67+,68+,69-,70-,71-,72-,73-,74-,75-,76-,77-/m0/s1. The van der Waals surface area contributed by atoms with E-state index < -0.39 is 215 Å². The van der Waals surface area contributed by atoms with Gasteiger partial charge in [-0.15, -0.1) is 0 Å². The van der Waals surface area contributed by atoms with Crippen LogP contribution in [0.2, 0.25) is 0 Å². The van der Waals surface area contributed by atoms with Crippen molar-refractivity contribution in [2.24, 2.45) is 23.1 Å². The predicted octanol–water partition coefficient (Wildman–Crippen LogP) is -1.20. The minimum Gasteiger partial charge on any atom is -0.391 e. The van der Waals surface area contributed by atoms with Crippen molar-refractivity contribution in [2.45, 2.75) is 208 Å². The van der Waals surface area contributed by atoms with E-state index in [2.05, 4.69) is 99.0 Å². The summed E-state index contributed by atoms with van der Waals surface area (Å²) in [6.45, 7) is 4.50. The Morgan fingerprint density at radius 2 is 0.836 bits per heavy atom. The van der Waals surface area contributed by atoms with Crippen LogP contribution >= 0.6 is 21.6 Å². The normalized spacial score (nSPS) is 23.9. The van der Waals surface area contributed by atoms with Crippen LogP contribution in [0.25, 0.3) is 21.8 Å². The van der Waals surface area contributed by atoms with E-state index in [0.29, 0.717) is 44.1 Å². The fourth-order valence-corrected chi connectivity index (χ4v) is 19.6. The van der Waals surface area contributed by atoms with Crippen molar-refractivity contribution >= 4 is 144 Å². The first kappa shape index (κ1) is 106. The van der Waals surface area contributed by atoms with Crippen molar-refractivity contribution in [1.82, 2.24) is 119 Å². The summed E-state index contributed by atoms with van der Waals surface area (Å²) < 4.78 is 0. The van der Waals surface area contributed by atoms with E-state index >= 15 is 67.1 Å². The monoisotopic (exact) mass is 1970 g/mol. The number of fused-ring (bicyclic) bond motifs is 8. The fraction of sp³-hybridized carbons (Fsp3) is 0.457. The number of likely N-dealkylation sites (N-methyl/N-ethyl adjacent to an activating group) is 3. The summed E-state index contributed by atoms with van der Waals surface area (Å²) in [5.41, 5.74) is 21.1. The molecule has 44 nitrogen and oxygen atoms in total. The first-order valence-corrected chi connectivity index (χ1v) is 49.1. The number of aromatic amines is 4. The lowest BCUT2D eigenvalue weighted by Crippen LogP contribution is -2.63. The number of nitrogens with one attached hydrogen (secondary N) is 20. The lowest BCUT2D eigenvalue weighted by molar-refractivity contribution is -0.149. The molecule has 2 bridgehead atoms. The molecule has 3 aliphatic rings. The Morgan fingerprint density at radius 1 is 0.429 bits per heavy atom. The number of aromatic nitrogens is 6. The molecule has 0 radical (unpaired) electrons. The molecule has 0 aliphatic carbocycles. The Labute approximate surface area is 816 Å². The number of carbonyl (C=O) groups is 14. The zero-order valence-corrected chi connectivity index (χ0v) is 80.5. The second-order valence-corrected chi connectivity index (χ2v) is 37.8. The maximum Gasteiger partial charge on any atom is 0.246 e. The summed E-state index contributed by atoms with van der Waals surface area (Å²) >= 11 is 0. The zero-order chi connectivity index (χ0) is 101. The SMILES string of the molecule is CC[C@H](C)[C@@H]1NC(=O)[C@@H]2CCCN2C(=O)[C@H](Cc2c[nH]c3ccccc23)NC(=O)[C@H](CCCNC(=N)N)N(C)C(=O)[C@@H](Cc2ccccc2)NC(=O)[C@H](Cc2c[nH]cn2)NC(=O)[C@H]([C@@H](C)O)NC(=O)[C@@H]2CSSC[C@H](NC1=O)C(=O)N[C@@H](Cc1c[nH]cn1)C(=O)N[C@H](Cc1ccccc1)C(=O)N(C)[C@@H](CCCNC(=N)N)C(=O)N(C)[C@@H](Cc1c[nH]c3ccccc13)C(=O)N[C@@H](CCCNC(=N)N)C(=O)N2. The zero-order valence-electron chi connectivity index (χ0n) is 78.8. The van der Waals surface area contributed by atoms with Crippen molar-refractivity contribution in [1.29, 1.82) is 16.2 Å². The number of aliphatic hydroxyl groups excluding tert-OH is 1. The maximum absolute atomic E-state index is 16.1. The molecule has 4 aromatic heterocycles. The molecule has 3 saturated heterocycles. The topological polar surface area (TPSA) is 667 Å². The molecule has 16 atom stereocenters. The number of H-pyrrole nitrogens is 4. The van der Waals surface area contributed by atoms with Crippen LogP contribution in [0.5, 0.6) is 0 Å². The third-order valence-corrected chi connectivity index (χ3v) is 27.6. The van der Waals surface area contributed by atoms with Crippen LogP contribution in [0.3, 0.4) is 0 Å². The van der Waals surface area contributed by atoms with Crippen LogP contribution in [0.15, 0.2) is 147 Å². The summed E-state index contributed by atoms with van der Waals surface area (Å²) in [6.07, 6.45) is 5.29. The van der Waals surface area contributed by atoms with Crippen LogP contribution in [-0.4, -0.2) is 305 Å². The Kier molecular flexibility index (Phi) is 38.7. The van der Waals surface area contributed by atoms with Gasteiger partial charge >= 0.3 is 0 Å². The van der Waals surface area contributed by atoms with E-state index in [1.54, 1.807) is 123 Å². The smallest absolute Gasteiger partial charge is 0.246 e. The number of hydrogen-bond donors (Lipinski definition) is 24. The first-order chi connectivity index (χ1) is 67.1. The molecule has 0 saturated carbocycles. The minimum absolute atomic E-state index is 0.00516. The van der Waals surface area contributed by atoms with Gasteiger partial charge < -0.3 is 131 Å². The molecule has 14 amide bonds. The van der Waals surface area contributed by atoms with Crippen molar-refractivity contribution < 1.29 is 72.2 Å². The second-order valence-electron chi connectivity index (χ2n) is 35.2. The van der Waals surface area contributed by atoms with E-state index in [1.165, 1.54) is 51.1 Å². The number of nitrogens with zero attached hydrogens (tertiary/aromatic N) is 6. The molecule has 750 valence electrons. The highest BCUT2D eigenvalue weighted by Crippen LogP contribution is 2.29. The Balaban J connectivity index is 1.06. The molecule has 7 heterocycles. The first-order valence-electron chi connectivity index (χ1n) is 46.6. The number of nitrogens with two attached hydrogens (primary N) is 3. The van der Waals surface area contributed by atoms with Crippen LogP contribution in [0.4, 0.5) is 0 Å². The maximum atomic E-state index is 16.1. The molecule has 11 rings (SSSR count). The van der Waals surface area contributed by atoms with Gasteiger partial charge in [-0.3, -0.25) is 83.4 Å². The van der Waals surface area contributed by atoms with Crippen LogP contribution in [0.1, 0.15) is 112 Å². The molecule has 3 fully saturated rings. The van der Waals surface area contributed by atoms with Gasteiger partial charge in [-0.05, 0) is 98.6 Å². The van der Waals surface area contributed by atoms with E-state index in [-0.39, 0.29) is 127 Å². The third kappa shape index (κ3) is 29.3. The number of guanidine groups is 3. The summed E-state index contributed by atoms with van der Waals surface area (Å²) in [4.78, 5) is 247. The van der Waals surface area contributed by atoms with E-state index in [4.69, 9.17) is 33.4 Å². The number of hydrogen-bond acceptors (Lipinski definition) is 22. The second kappa shape index (κ2) is 51.2. The molecular weight excluding hydrogens is 1840 g/mol. The number of aliphatic hydroxyl groups is 1. The molecule has 3 aliphatic heterocycles. The fourth-order valence-electron chi connectivity index (χ4n) is 17.2. The Hall–Kier alpha value is -14.6. The molecule has 0 unspecified atom stereocenters. The third-order valence-electron chi connectivity index (χ3n) is 25.2. The number of amides is 14. The molecule has 140 heavy (non-hydrogen) atoms. The van der Waals surface area contributed by atoms with Crippen molar-refractivity contribution in [3.8, 4) is 0 Å². The quantitative estimate of drug-likeness (QED) is 0.0124. The number of imidazole rings is 2. The average molecular weight is 1970 g/mol. The van der Waals surface area contributed by atoms with Gasteiger partial charge in [0.25, 0.3) is 0 Å². The van der Waals surface area contributed by atoms with Crippen LogP contribution in [-0.2, 0) is 106 Å². The summed E-state index contributed by atoms with van der Waals surface area (Å²) in [5, 5.41) is 73.3. The average Bonchev–Trinajstić information content (AvgIpc) is 1.54. The van der Waals surface area contributed by atoms with Gasteiger partial charge in [-0.1, -0.05) is 139 Å². The van der Waals surface area contributed by atoms with Gasteiger partial charge in [-0.25, -0.2) is 9.97 Å². The lowest BCUT2D eigenvalue weighted by atomic mass is 9.97. The molecule has 0 spiro atoms. The Bertz CT molecular complexity index is 5650. The van der Waals surface area contributed by atoms with E-state index in [1.807, 2.05) is 12.1 Å². The van der Waals surface area contributed by atoms with Gasteiger partial charge in [0.1, 0.15) is 84.6 Å². The highest BCUT2D eigenvalue weighted by molar-refractivity contribution is 8.76. The van der Waals surface area contributed by atoms with Gasteiger partial charge in [0, 0.05) is 144 Å². The van der Waals surface area contributed by atoms with Crippen LogP contribution < -0.4 is 86.3 Å². The van der Waals surface area contributed by atoms with Gasteiger partial charge in [-0.2, -0.15) is 0 Å². The molecule has 46 heteroatoms. The van der Waals surface area contributed by atoms with Crippen LogP contribution in [0, 0.1) is 22.1 Å². The highest BCUT2D eigenvalue weighted by atomic mass is 33.1. The number of benzene rings is 4. The highest BCUT2D eigenvalue weighted by Gasteiger charge is 2.46. The number of carbonyl (C=O) groups excluding carboxylic acids is 14. The van der Waals surface area contributed by atoms with Crippen molar-refractivity contribution in [3.05, 3.63) is 180 Å². The molecule has 27 N–H and O–H groups in total. The van der Waals surface area contributed by atoms with Gasteiger partial charge in [0.15, 0.2) is 17.9 Å². The summed E-state index contributed by atoms with van der Waals surface area (Å²) in [5.74, 6) is -16.3. The van der Waals surface area contributed by atoms with Crippen molar-refractivity contribution in [2.75, 3.05) is 58.8 Å². The Morgan fingerprint density at radius 3 is 1.34 bits per heavy atom. The van der Waals surface area contributed by atoms with E-state index in [0.717, 1.165) is 43.2 Å². The number of rotatable bonds is 27. The molecule has 4 aromatic carbocycles. The van der Waals surface area contributed by atoms with Gasteiger partial charge in [0.2, 0.25) is 82.7 Å². The van der Waals surface area contributed by atoms with E-state index in [9.17, 15) is 5.11 Å². The largest absolute Gasteiger partial charge is 0.391 e. The number of para-hydroxylation sites is 2. The van der Waals surface area contributed by atoms with Gasteiger partial charge in [0.05, 0.1) is 30.1 Å². The molecular formula is C94H127N29O15S2. The lowest BCUT2D eigenvalue weighted by Gasteiger charge is -2.36. The minimum atomic E-state index is -2.04. The predicted molar refractivity (Wildman–Crippen MR) is 526 cm³/mol. The summed E-state index contributed by atoms with van der Waals surface area (Å²) in [7, 11) is 5.68. The molecule has 8 aromatic rings.